The minimum atomic E-state index is 0.328. The number of nitrogens with one attached hydrogen (secondary N) is 1. The van der Waals surface area contributed by atoms with Crippen molar-refractivity contribution < 1.29 is 4.79 Å². The Hall–Kier alpha value is -1.82. The Morgan fingerprint density at radius 1 is 1.21 bits per heavy atom. The summed E-state index contributed by atoms with van der Waals surface area (Å²) < 4.78 is 4.58. The number of halogens is 1. The van der Waals surface area contributed by atoms with Crippen LogP contribution < -0.4 is 4.72 Å². The van der Waals surface area contributed by atoms with E-state index in [4.69, 9.17) is 0 Å². The molecule has 152 valence electrons. The fraction of sp³-hybridized carbons (Fsp3) is 0.292. The van der Waals surface area contributed by atoms with Crippen molar-refractivity contribution in [2.75, 3.05) is 13.3 Å². The molecule has 2 atom stereocenters. The van der Waals surface area contributed by atoms with Gasteiger partial charge >= 0.3 is 0 Å². The summed E-state index contributed by atoms with van der Waals surface area (Å²) in [6.07, 6.45) is 9.27. The summed E-state index contributed by atoms with van der Waals surface area (Å²) in [4.78, 5) is 13.1. The second-order valence-corrected chi connectivity index (χ2v) is 8.70. The molecule has 29 heavy (non-hydrogen) atoms. The molecule has 0 amide bonds. The molecule has 3 rings (SSSR count). The molecule has 1 aliphatic rings. The predicted octanol–water partition coefficient (Wildman–Crippen LogP) is 5.59. The van der Waals surface area contributed by atoms with Crippen LogP contribution in [0.1, 0.15) is 18.4 Å². The zero-order chi connectivity index (χ0) is 20.6. The molecule has 2 aromatic rings. The van der Waals surface area contributed by atoms with Gasteiger partial charge in [-0.3, -0.25) is 9.52 Å². The van der Waals surface area contributed by atoms with Gasteiger partial charge in [0.2, 0.25) is 0 Å². The Kier molecular flexibility index (Phi) is 8.16. The van der Waals surface area contributed by atoms with Gasteiger partial charge in [0.25, 0.3) is 0 Å². The lowest BCUT2D eigenvalue weighted by molar-refractivity contribution is -0.104. The van der Waals surface area contributed by atoms with Crippen LogP contribution in [0.5, 0.6) is 0 Å². The predicted molar refractivity (Wildman–Crippen MR) is 128 cm³/mol. The number of nitrogens with zero attached hydrogens (tertiary/aromatic N) is 1. The van der Waals surface area contributed by atoms with Gasteiger partial charge in [0.15, 0.2) is 0 Å². The summed E-state index contributed by atoms with van der Waals surface area (Å²) in [5.74, 6) is 0. The van der Waals surface area contributed by atoms with E-state index < -0.39 is 0 Å². The third-order valence-corrected chi connectivity index (χ3v) is 6.69. The van der Waals surface area contributed by atoms with Gasteiger partial charge in [0.05, 0.1) is 0 Å². The smallest absolute Gasteiger partial charge is 0.142 e. The third kappa shape index (κ3) is 5.62. The van der Waals surface area contributed by atoms with E-state index in [1.807, 2.05) is 12.1 Å². The van der Waals surface area contributed by atoms with Gasteiger partial charge in [-0.15, -0.1) is 0 Å². The van der Waals surface area contributed by atoms with Crippen LogP contribution in [-0.4, -0.2) is 36.6 Å². The van der Waals surface area contributed by atoms with E-state index in [1.54, 1.807) is 11.9 Å². The number of piperidine rings is 1. The largest absolute Gasteiger partial charge is 0.372 e. The molecule has 1 N–H and O–H groups in total. The first kappa shape index (κ1) is 21.9. The molecule has 0 bridgehead atoms. The molecule has 0 radical (unpaired) electrons. The number of hydrogen-bond donors (Lipinski definition) is 1. The van der Waals surface area contributed by atoms with E-state index >= 15 is 0 Å². The zero-order valence-corrected chi connectivity index (χ0v) is 19.2. The van der Waals surface area contributed by atoms with E-state index in [-0.39, 0.29) is 0 Å². The lowest BCUT2D eigenvalue weighted by Gasteiger charge is -2.43. The van der Waals surface area contributed by atoms with E-state index in [0.717, 1.165) is 30.0 Å². The highest BCUT2D eigenvalue weighted by atomic mass is 79.9. The maximum atomic E-state index is 10.7. The normalized spacial score (nSPS) is 21.4. The van der Waals surface area contributed by atoms with Gasteiger partial charge in [-0.25, -0.2) is 0 Å². The summed E-state index contributed by atoms with van der Waals surface area (Å²) in [7, 11) is 2.16. The second kappa shape index (κ2) is 10.8. The van der Waals surface area contributed by atoms with Crippen LogP contribution in [-0.2, 0) is 11.2 Å². The van der Waals surface area contributed by atoms with Crippen LogP contribution in [0.2, 0.25) is 0 Å². The van der Waals surface area contributed by atoms with Crippen molar-refractivity contribution in [3.8, 4) is 11.1 Å². The Balaban J connectivity index is 1.87. The summed E-state index contributed by atoms with van der Waals surface area (Å²) >= 11 is 5.34. The van der Waals surface area contributed by atoms with Crippen molar-refractivity contribution in [1.82, 2.24) is 9.62 Å². The molecule has 1 fully saturated rings. The first-order chi connectivity index (χ1) is 14.1. The quantitative estimate of drug-likeness (QED) is 0.324. The average molecular weight is 471 g/mol. The van der Waals surface area contributed by atoms with Crippen LogP contribution in [0.25, 0.3) is 11.1 Å². The summed E-state index contributed by atoms with van der Waals surface area (Å²) in [5, 5.41) is 0. The van der Waals surface area contributed by atoms with E-state index in [1.165, 1.54) is 28.5 Å². The molecular weight excluding hydrogens is 444 g/mol. The molecule has 3 nitrogen and oxygen atoms in total. The molecule has 0 aliphatic carbocycles. The molecule has 2 unspecified atom stereocenters. The first-order valence-electron chi connectivity index (χ1n) is 9.80. The van der Waals surface area contributed by atoms with Crippen molar-refractivity contribution >= 4 is 34.2 Å². The Bertz CT molecular complexity index is 881. The maximum absolute atomic E-state index is 10.7. The van der Waals surface area contributed by atoms with Crippen LogP contribution in [0.3, 0.4) is 0 Å². The molecule has 1 aliphatic heterocycles. The molecule has 1 heterocycles. The van der Waals surface area contributed by atoms with Crippen LogP contribution in [0, 0.1) is 0 Å². The van der Waals surface area contributed by atoms with Crippen molar-refractivity contribution in [3.63, 3.8) is 0 Å². The fourth-order valence-corrected chi connectivity index (χ4v) is 5.17. The summed E-state index contributed by atoms with van der Waals surface area (Å²) in [5.41, 5.74) is 5.07. The highest BCUT2D eigenvalue weighted by Crippen LogP contribution is 2.32. The molecule has 2 aromatic carbocycles. The van der Waals surface area contributed by atoms with Gasteiger partial charge < -0.3 is 4.90 Å². The van der Waals surface area contributed by atoms with Gasteiger partial charge in [-0.05, 0) is 70.3 Å². The van der Waals surface area contributed by atoms with Crippen molar-refractivity contribution in [3.05, 3.63) is 82.5 Å². The number of likely N-dealkylation sites (tertiary alicyclic amines) is 1. The number of hydrogen-bond acceptors (Lipinski definition) is 4. The average Bonchev–Trinajstić information content (AvgIpc) is 2.75. The van der Waals surface area contributed by atoms with E-state index in [2.05, 4.69) is 87.4 Å². The minimum Gasteiger partial charge on any atom is -0.372 e. The Morgan fingerprint density at radius 2 is 1.97 bits per heavy atom. The Morgan fingerprint density at radius 3 is 2.69 bits per heavy atom. The van der Waals surface area contributed by atoms with Crippen molar-refractivity contribution in [2.24, 2.45) is 0 Å². The highest BCUT2D eigenvalue weighted by molar-refractivity contribution is 9.11. The van der Waals surface area contributed by atoms with Gasteiger partial charge in [-0.1, -0.05) is 66.5 Å². The summed E-state index contributed by atoms with van der Waals surface area (Å²) in [6, 6.07) is 20.1. The number of benzene rings is 2. The van der Waals surface area contributed by atoms with E-state index in [0.29, 0.717) is 12.1 Å². The molecule has 0 aromatic heterocycles. The SMILES string of the molecule is CSNC1CC/C(=C(Br)/C=C\C=O)N(C)C1Cc1cccc(-c2ccccc2)c1. The first-order valence-corrected chi connectivity index (χ1v) is 11.8. The third-order valence-electron chi connectivity index (χ3n) is 5.42. The number of carbonyl (C=O) groups is 1. The summed E-state index contributed by atoms with van der Waals surface area (Å²) in [6.45, 7) is 0. The number of rotatable bonds is 7. The molecule has 1 saturated heterocycles. The monoisotopic (exact) mass is 470 g/mol. The van der Waals surface area contributed by atoms with E-state index in [9.17, 15) is 4.79 Å². The number of allylic oxidation sites excluding steroid dienone is 4. The van der Waals surface area contributed by atoms with Crippen LogP contribution >= 0.6 is 27.9 Å². The minimum absolute atomic E-state index is 0.328. The molecule has 0 saturated carbocycles. The Labute approximate surface area is 186 Å². The lowest BCUT2D eigenvalue weighted by atomic mass is 9.89. The molecule has 5 heteroatoms. The van der Waals surface area contributed by atoms with Gasteiger partial charge in [-0.2, -0.15) is 0 Å². The number of aldehydes is 1. The standard InChI is InChI=1S/C24H27BrN2OS/c1-27-23(21(25)12-7-15-28)14-13-22(26-29-2)24(27)17-18-8-6-11-20(16-18)19-9-4-3-5-10-19/h3-12,15-16,22,24,26H,13-14,17H2,1-2H3/b12-7-,23-21+. The maximum Gasteiger partial charge on any atom is 0.142 e. The van der Waals surface area contributed by atoms with Crippen molar-refractivity contribution in [1.29, 1.82) is 0 Å². The number of carbonyl (C=O) groups excluding carboxylic acids is 1. The van der Waals surface area contributed by atoms with Crippen LogP contribution in [0.15, 0.2) is 76.9 Å². The molecular formula is C24H27BrN2OS. The lowest BCUT2D eigenvalue weighted by Crippen LogP contribution is -2.51. The fourth-order valence-electron chi connectivity index (χ4n) is 3.96. The molecule has 0 spiro atoms. The number of likely N-dealkylation sites (N-methyl/N-ethyl adjacent to an activating group) is 1. The highest BCUT2D eigenvalue weighted by Gasteiger charge is 2.32. The van der Waals surface area contributed by atoms with Crippen molar-refractivity contribution in [2.45, 2.75) is 31.3 Å². The zero-order valence-electron chi connectivity index (χ0n) is 16.8. The van der Waals surface area contributed by atoms with Gasteiger partial charge in [0, 0.05) is 29.3 Å². The second-order valence-electron chi connectivity index (χ2n) is 7.21. The van der Waals surface area contributed by atoms with Crippen LogP contribution in [0.4, 0.5) is 0 Å². The van der Waals surface area contributed by atoms with Gasteiger partial charge in [0.1, 0.15) is 6.29 Å². The topological polar surface area (TPSA) is 32.3 Å².